The van der Waals surface area contributed by atoms with Gasteiger partial charge in [-0.05, 0) is 25.5 Å². The van der Waals surface area contributed by atoms with E-state index in [1.807, 2.05) is 6.92 Å². The quantitative estimate of drug-likeness (QED) is 0.829. The molecule has 23 heavy (non-hydrogen) atoms. The molecular weight excluding hydrogens is 314 g/mol. The number of hydrogen-bond donors (Lipinski definition) is 0. The molecule has 7 heteroatoms. The SMILES string of the molecule is Cc1ccc(S(=O)(=O)CC(=O)N(C)Cc2cnn(C)c2)c(C)c1. The van der Waals surface area contributed by atoms with E-state index in [9.17, 15) is 13.2 Å². The molecule has 1 heterocycles. The summed E-state index contributed by atoms with van der Waals surface area (Å²) in [5.74, 6) is -0.970. The molecule has 0 bridgehead atoms. The molecule has 0 spiro atoms. The monoisotopic (exact) mass is 335 g/mol. The van der Waals surface area contributed by atoms with Crippen LogP contribution in [0, 0.1) is 13.8 Å². The van der Waals surface area contributed by atoms with Crippen molar-refractivity contribution >= 4 is 15.7 Å². The molecule has 124 valence electrons. The van der Waals surface area contributed by atoms with Gasteiger partial charge in [0.2, 0.25) is 5.91 Å². The van der Waals surface area contributed by atoms with Gasteiger partial charge >= 0.3 is 0 Å². The molecule has 0 saturated carbocycles. The van der Waals surface area contributed by atoms with E-state index < -0.39 is 21.5 Å². The molecule has 1 aromatic carbocycles. The summed E-state index contributed by atoms with van der Waals surface area (Å²) in [6, 6.07) is 5.11. The van der Waals surface area contributed by atoms with Crippen molar-refractivity contribution in [1.29, 1.82) is 0 Å². The maximum atomic E-state index is 12.5. The first-order chi connectivity index (χ1) is 10.7. The lowest BCUT2D eigenvalue weighted by molar-refractivity contribution is -0.127. The van der Waals surface area contributed by atoms with E-state index in [4.69, 9.17) is 0 Å². The third kappa shape index (κ3) is 4.19. The molecule has 0 N–H and O–H groups in total. The highest BCUT2D eigenvalue weighted by Crippen LogP contribution is 2.18. The lowest BCUT2D eigenvalue weighted by Crippen LogP contribution is -2.32. The van der Waals surface area contributed by atoms with Crippen molar-refractivity contribution in [2.24, 2.45) is 7.05 Å². The minimum absolute atomic E-state index is 0.214. The number of rotatable bonds is 5. The van der Waals surface area contributed by atoms with Crippen LogP contribution in [-0.2, 0) is 28.2 Å². The molecule has 0 radical (unpaired) electrons. The normalized spacial score (nSPS) is 11.5. The molecule has 2 aromatic rings. The summed E-state index contributed by atoms with van der Waals surface area (Å²) in [5.41, 5.74) is 2.50. The third-order valence-electron chi connectivity index (χ3n) is 3.58. The van der Waals surface area contributed by atoms with E-state index in [0.717, 1.165) is 11.1 Å². The van der Waals surface area contributed by atoms with Gasteiger partial charge in [0.05, 0.1) is 11.1 Å². The second-order valence-corrected chi connectivity index (χ2v) is 7.76. The van der Waals surface area contributed by atoms with Gasteiger partial charge in [-0.1, -0.05) is 17.7 Å². The molecule has 1 aromatic heterocycles. The summed E-state index contributed by atoms with van der Waals surface area (Å²) in [7, 11) is -0.273. The number of benzene rings is 1. The van der Waals surface area contributed by atoms with Crippen LogP contribution in [-0.4, -0.2) is 41.8 Å². The lowest BCUT2D eigenvalue weighted by atomic mass is 10.2. The van der Waals surface area contributed by atoms with Crippen LogP contribution in [0.15, 0.2) is 35.5 Å². The molecule has 0 aliphatic rings. The van der Waals surface area contributed by atoms with Gasteiger partial charge in [0.15, 0.2) is 9.84 Å². The number of carbonyl (C=O) groups is 1. The van der Waals surface area contributed by atoms with Gasteiger partial charge in [0, 0.05) is 32.4 Å². The van der Waals surface area contributed by atoms with Crippen molar-refractivity contribution < 1.29 is 13.2 Å². The van der Waals surface area contributed by atoms with E-state index in [2.05, 4.69) is 5.10 Å². The molecule has 0 fully saturated rings. The third-order valence-corrected chi connectivity index (χ3v) is 5.34. The zero-order chi connectivity index (χ0) is 17.2. The van der Waals surface area contributed by atoms with Crippen molar-refractivity contribution in [3.8, 4) is 0 Å². The van der Waals surface area contributed by atoms with E-state index in [-0.39, 0.29) is 4.90 Å². The molecular formula is C16H21N3O3S. The van der Waals surface area contributed by atoms with E-state index in [1.54, 1.807) is 56.3 Å². The van der Waals surface area contributed by atoms with Gasteiger partial charge in [-0.2, -0.15) is 5.10 Å². The molecule has 0 atom stereocenters. The predicted molar refractivity (Wildman–Crippen MR) is 87.7 cm³/mol. The Labute approximate surface area is 136 Å². The van der Waals surface area contributed by atoms with Gasteiger partial charge in [0.1, 0.15) is 5.75 Å². The summed E-state index contributed by atoms with van der Waals surface area (Å²) >= 11 is 0. The van der Waals surface area contributed by atoms with Gasteiger partial charge in [0.25, 0.3) is 0 Å². The van der Waals surface area contributed by atoms with E-state index in [1.165, 1.54) is 4.90 Å². The first kappa shape index (κ1) is 17.2. The highest BCUT2D eigenvalue weighted by Gasteiger charge is 2.23. The van der Waals surface area contributed by atoms with Crippen LogP contribution in [0.25, 0.3) is 0 Å². The summed E-state index contributed by atoms with van der Waals surface area (Å²) in [5, 5.41) is 4.03. The zero-order valence-corrected chi connectivity index (χ0v) is 14.6. The van der Waals surface area contributed by atoms with Crippen LogP contribution in [0.3, 0.4) is 0 Å². The molecule has 1 amide bonds. The van der Waals surface area contributed by atoms with Crippen LogP contribution in [0.5, 0.6) is 0 Å². The summed E-state index contributed by atoms with van der Waals surface area (Å²) in [6.07, 6.45) is 3.45. The second kappa shape index (κ2) is 6.54. The minimum atomic E-state index is -3.65. The maximum Gasteiger partial charge on any atom is 0.238 e. The molecule has 0 aliphatic heterocycles. The smallest absolute Gasteiger partial charge is 0.238 e. The second-order valence-electron chi connectivity index (χ2n) is 5.80. The molecule has 0 aliphatic carbocycles. The van der Waals surface area contributed by atoms with Crippen molar-refractivity contribution in [2.45, 2.75) is 25.3 Å². The summed E-state index contributed by atoms with van der Waals surface area (Å²) < 4.78 is 26.6. The lowest BCUT2D eigenvalue weighted by Gasteiger charge is -2.17. The van der Waals surface area contributed by atoms with Gasteiger partial charge in [-0.25, -0.2) is 8.42 Å². The number of amides is 1. The fraction of sp³-hybridized carbons (Fsp3) is 0.375. The largest absolute Gasteiger partial charge is 0.340 e. The fourth-order valence-electron chi connectivity index (χ4n) is 2.41. The predicted octanol–water partition coefficient (Wildman–Crippen LogP) is 1.47. The zero-order valence-electron chi connectivity index (χ0n) is 13.8. The van der Waals surface area contributed by atoms with Crippen LogP contribution in [0.1, 0.15) is 16.7 Å². The highest BCUT2D eigenvalue weighted by atomic mass is 32.2. The van der Waals surface area contributed by atoms with Crippen molar-refractivity contribution in [3.63, 3.8) is 0 Å². The highest BCUT2D eigenvalue weighted by molar-refractivity contribution is 7.92. The Hall–Kier alpha value is -2.15. The molecule has 0 saturated heterocycles. The first-order valence-corrected chi connectivity index (χ1v) is 8.86. The Morgan fingerprint density at radius 1 is 1.30 bits per heavy atom. The Morgan fingerprint density at radius 3 is 2.57 bits per heavy atom. The number of carbonyl (C=O) groups excluding carboxylic acids is 1. The van der Waals surface area contributed by atoms with Gasteiger partial charge in [-0.15, -0.1) is 0 Å². The number of nitrogens with zero attached hydrogens (tertiary/aromatic N) is 3. The Balaban J connectivity index is 2.11. The van der Waals surface area contributed by atoms with Crippen LogP contribution < -0.4 is 0 Å². The van der Waals surface area contributed by atoms with Crippen LogP contribution in [0.4, 0.5) is 0 Å². The van der Waals surface area contributed by atoms with Crippen molar-refractivity contribution in [1.82, 2.24) is 14.7 Å². The Kier molecular flexibility index (Phi) is 4.89. The van der Waals surface area contributed by atoms with E-state index in [0.29, 0.717) is 12.1 Å². The Bertz CT molecular complexity index is 825. The number of hydrogen-bond acceptors (Lipinski definition) is 4. The van der Waals surface area contributed by atoms with Crippen LogP contribution in [0.2, 0.25) is 0 Å². The average Bonchev–Trinajstić information content (AvgIpc) is 2.82. The minimum Gasteiger partial charge on any atom is -0.340 e. The molecule has 0 unspecified atom stereocenters. The van der Waals surface area contributed by atoms with Crippen LogP contribution >= 0.6 is 0 Å². The standard InChI is InChI=1S/C16H21N3O3S/c1-12-5-6-15(13(2)7-12)23(21,22)11-16(20)18(3)9-14-8-17-19(4)10-14/h5-8,10H,9,11H2,1-4H3. The van der Waals surface area contributed by atoms with Gasteiger partial charge < -0.3 is 4.90 Å². The van der Waals surface area contributed by atoms with Crippen molar-refractivity contribution in [2.75, 3.05) is 12.8 Å². The maximum absolute atomic E-state index is 12.5. The molecule has 6 nitrogen and oxygen atoms in total. The average molecular weight is 335 g/mol. The first-order valence-electron chi connectivity index (χ1n) is 7.20. The van der Waals surface area contributed by atoms with E-state index >= 15 is 0 Å². The number of sulfone groups is 1. The summed E-state index contributed by atoms with van der Waals surface area (Å²) in [6.45, 7) is 3.97. The number of aryl methyl sites for hydroxylation is 3. The van der Waals surface area contributed by atoms with Gasteiger partial charge in [-0.3, -0.25) is 9.48 Å². The summed E-state index contributed by atoms with van der Waals surface area (Å²) in [4.78, 5) is 13.9. The topological polar surface area (TPSA) is 72.3 Å². The van der Waals surface area contributed by atoms with Crippen molar-refractivity contribution in [3.05, 3.63) is 47.3 Å². The Morgan fingerprint density at radius 2 is 2.00 bits per heavy atom. The molecule has 2 rings (SSSR count). The fourth-order valence-corrected chi connectivity index (χ4v) is 3.94. The number of aromatic nitrogens is 2.